The second-order valence-corrected chi connectivity index (χ2v) is 6.97. The zero-order valence-corrected chi connectivity index (χ0v) is 16.3. The molecule has 2 aromatic carbocycles. The van der Waals surface area contributed by atoms with Crippen LogP contribution in [-0.2, 0) is 22.6 Å². The lowest BCUT2D eigenvalue weighted by Crippen LogP contribution is -2.41. The van der Waals surface area contributed by atoms with E-state index in [1.165, 1.54) is 11.3 Å². The number of hydrogen-bond donors (Lipinski definition) is 1. The first-order valence-corrected chi connectivity index (χ1v) is 9.45. The number of rotatable bonds is 8. The molecule has 0 aromatic heterocycles. The number of carbonyl (C=O) groups is 1. The van der Waals surface area contributed by atoms with E-state index in [1.54, 1.807) is 14.0 Å². The van der Waals surface area contributed by atoms with Crippen molar-refractivity contribution in [3.63, 3.8) is 0 Å². The number of carbonyl (C=O) groups excluding carboxylic acids is 1. The monoisotopic (exact) mass is 368 g/mol. The van der Waals surface area contributed by atoms with E-state index in [0.717, 1.165) is 24.3 Å². The smallest absolute Gasteiger partial charge is 0.248 e. The van der Waals surface area contributed by atoms with Gasteiger partial charge >= 0.3 is 0 Å². The van der Waals surface area contributed by atoms with Crippen molar-refractivity contribution in [2.45, 2.75) is 39.0 Å². The van der Waals surface area contributed by atoms with Crippen LogP contribution in [0.4, 0.5) is 5.69 Å². The average molecular weight is 368 g/mol. The summed E-state index contributed by atoms with van der Waals surface area (Å²) in [5.74, 6) is 0.700. The molecular weight excluding hydrogens is 340 g/mol. The van der Waals surface area contributed by atoms with Gasteiger partial charge in [0, 0.05) is 24.8 Å². The third-order valence-electron chi connectivity index (χ3n) is 5.00. The average Bonchev–Trinajstić information content (AvgIpc) is 3.01. The standard InChI is InChI=1S/C22H28N2O3/c1-16-13-19-8-4-5-10-21(19)24(16)12-11-23-22(25)17(2)27-15-18-7-6-9-20(14-18)26-3/h4-10,14,16-17H,11-13,15H2,1-3H3,(H,23,25). The Labute approximate surface area is 161 Å². The molecule has 0 fully saturated rings. The highest BCUT2D eigenvalue weighted by molar-refractivity contribution is 5.80. The lowest BCUT2D eigenvalue weighted by Gasteiger charge is -2.25. The number of benzene rings is 2. The van der Waals surface area contributed by atoms with Crippen LogP contribution in [-0.4, -0.2) is 38.3 Å². The molecular formula is C22H28N2O3. The fourth-order valence-electron chi connectivity index (χ4n) is 3.47. The molecule has 2 unspecified atom stereocenters. The fourth-order valence-corrected chi connectivity index (χ4v) is 3.47. The predicted molar refractivity (Wildman–Crippen MR) is 107 cm³/mol. The highest BCUT2D eigenvalue weighted by Gasteiger charge is 2.25. The van der Waals surface area contributed by atoms with Crippen LogP contribution in [0.5, 0.6) is 5.75 Å². The van der Waals surface area contributed by atoms with Gasteiger partial charge in [0.2, 0.25) is 5.91 Å². The van der Waals surface area contributed by atoms with Crippen molar-refractivity contribution in [1.82, 2.24) is 5.32 Å². The van der Waals surface area contributed by atoms with Crippen LogP contribution in [0.25, 0.3) is 0 Å². The molecule has 0 bridgehead atoms. The predicted octanol–water partition coefficient (Wildman–Crippen LogP) is 3.17. The first-order chi connectivity index (χ1) is 13.1. The lowest BCUT2D eigenvalue weighted by molar-refractivity contribution is -0.132. The van der Waals surface area contributed by atoms with Gasteiger partial charge in [0.25, 0.3) is 0 Å². The van der Waals surface area contributed by atoms with Crippen molar-refractivity contribution < 1.29 is 14.3 Å². The largest absolute Gasteiger partial charge is 0.497 e. The van der Waals surface area contributed by atoms with Crippen LogP contribution in [0.2, 0.25) is 0 Å². The summed E-state index contributed by atoms with van der Waals surface area (Å²) in [6.45, 7) is 5.78. The second kappa shape index (κ2) is 8.91. The van der Waals surface area contributed by atoms with Gasteiger partial charge in [-0.25, -0.2) is 0 Å². The number of hydrogen-bond acceptors (Lipinski definition) is 4. The van der Waals surface area contributed by atoms with Crippen LogP contribution in [0, 0.1) is 0 Å². The zero-order valence-electron chi connectivity index (χ0n) is 16.3. The van der Waals surface area contributed by atoms with Crippen LogP contribution >= 0.6 is 0 Å². The van der Waals surface area contributed by atoms with E-state index < -0.39 is 6.10 Å². The molecule has 1 amide bonds. The van der Waals surface area contributed by atoms with Gasteiger partial charge in [0.15, 0.2) is 0 Å². The minimum atomic E-state index is -0.500. The molecule has 0 saturated carbocycles. The van der Waals surface area contributed by atoms with Gasteiger partial charge in [-0.3, -0.25) is 4.79 Å². The van der Waals surface area contributed by atoms with Crippen LogP contribution in [0.3, 0.4) is 0 Å². The Kier molecular flexibility index (Phi) is 6.35. The normalized spacial score (nSPS) is 16.7. The molecule has 0 radical (unpaired) electrons. The summed E-state index contributed by atoms with van der Waals surface area (Å²) in [6.07, 6.45) is 0.559. The van der Waals surface area contributed by atoms with Gasteiger partial charge in [-0.1, -0.05) is 30.3 Å². The molecule has 0 spiro atoms. The van der Waals surface area contributed by atoms with Crippen molar-refractivity contribution in [3.05, 3.63) is 59.7 Å². The number of nitrogens with one attached hydrogen (secondary N) is 1. The molecule has 2 aromatic rings. The first-order valence-electron chi connectivity index (χ1n) is 9.45. The molecule has 5 heteroatoms. The number of ether oxygens (including phenoxy) is 2. The molecule has 1 heterocycles. The summed E-state index contributed by atoms with van der Waals surface area (Å²) < 4.78 is 10.9. The number of para-hydroxylation sites is 1. The minimum absolute atomic E-state index is 0.0852. The molecule has 1 aliphatic rings. The van der Waals surface area contributed by atoms with E-state index in [9.17, 15) is 4.79 Å². The number of nitrogens with zero attached hydrogens (tertiary/aromatic N) is 1. The van der Waals surface area contributed by atoms with E-state index >= 15 is 0 Å². The number of fused-ring (bicyclic) bond motifs is 1. The zero-order chi connectivity index (χ0) is 19.2. The minimum Gasteiger partial charge on any atom is -0.497 e. The third-order valence-corrected chi connectivity index (χ3v) is 5.00. The van der Waals surface area contributed by atoms with E-state index in [0.29, 0.717) is 19.2 Å². The van der Waals surface area contributed by atoms with Crippen molar-refractivity contribution >= 4 is 11.6 Å². The Balaban J connectivity index is 1.44. The number of methoxy groups -OCH3 is 1. The Bertz CT molecular complexity index is 778. The van der Waals surface area contributed by atoms with Crippen LogP contribution in [0.1, 0.15) is 25.0 Å². The van der Waals surface area contributed by atoms with Crippen LogP contribution < -0.4 is 15.0 Å². The van der Waals surface area contributed by atoms with Crippen molar-refractivity contribution in [1.29, 1.82) is 0 Å². The van der Waals surface area contributed by atoms with Crippen molar-refractivity contribution in [3.8, 4) is 5.75 Å². The maximum Gasteiger partial charge on any atom is 0.248 e. The molecule has 3 rings (SSSR count). The molecule has 1 aliphatic heterocycles. The van der Waals surface area contributed by atoms with Crippen LogP contribution in [0.15, 0.2) is 48.5 Å². The van der Waals surface area contributed by atoms with E-state index in [4.69, 9.17) is 9.47 Å². The van der Waals surface area contributed by atoms with E-state index in [-0.39, 0.29) is 5.91 Å². The Morgan fingerprint density at radius 2 is 2.07 bits per heavy atom. The van der Waals surface area contributed by atoms with Gasteiger partial charge in [-0.05, 0) is 49.6 Å². The second-order valence-electron chi connectivity index (χ2n) is 6.97. The SMILES string of the molecule is COc1cccc(COC(C)C(=O)NCCN2c3ccccc3CC2C)c1. The summed E-state index contributed by atoms with van der Waals surface area (Å²) in [6, 6.07) is 16.6. The molecule has 5 nitrogen and oxygen atoms in total. The lowest BCUT2D eigenvalue weighted by atomic mass is 10.1. The molecule has 0 saturated heterocycles. The molecule has 2 atom stereocenters. The third kappa shape index (κ3) is 4.80. The first kappa shape index (κ1) is 19.2. The topological polar surface area (TPSA) is 50.8 Å². The summed E-state index contributed by atoms with van der Waals surface area (Å²) in [7, 11) is 1.63. The molecule has 27 heavy (non-hydrogen) atoms. The van der Waals surface area contributed by atoms with Gasteiger partial charge in [0.1, 0.15) is 11.9 Å². The maximum absolute atomic E-state index is 12.3. The summed E-state index contributed by atoms with van der Waals surface area (Å²) in [4.78, 5) is 14.7. The van der Waals surface area contributed by atoms with Gasteiger partial charge in [0.05, 0.1) is 13.7 Å². The summed E-state index contributed by atoms with van der Waals surface area (Å²) >= 11 is 0. The fraction of sp³-hybridized carbons (Fsp3) is 0.409. The summed E-state index contributed by atoms with van der Waals surface area (Å²) in [5, 5.41) is 2.99. The summed E-state index contributed by atoms with van der Waals surface area (Å²) in [5.41, 5.74) is 3.64. The maximum atomic E-state index is 12.3. The highest BCUT2D eigenvalue weighted by atomic mass is 16.5. The Morgan fingerprint density at radius 1 is 1.26 bits per heavy atom. The molecule has 1 N–H and O–H groups in total. The number of amides is 1. The number of anilines is 1. The van der Waals surface area contributed by atoms with Crippen molar-refractivity contribution in [2.75, 3.05) is 25.1 Å². The Hall–Kier alpha value is -2.53. The highest BCUT2D eigenvalue weighted by Crippen LogP contribution is 2.31. The molecule has 144 valence electrons. The Morgan fingerprint density at radius 3 is 2.89 bits per heavy atom. The molecule has 0 aliphatic carbocycles. The van der Waals surface area contributed by atoms with Gasteiger partial charge in [-0.15, -0.1) is 0 Å². The van der Waals surface area contributed by atoms with Gasteiger partial charge < -0.3 is 19.7 Å². The van der Waals surface area contributed by atoms with E-state index in [2.05, 4.69) is 41.4 Å². The van der Waals surface area contributed by atoms with Crippen molar-refractivity contribution in [2.24, 2.45) is 0 Å². The van der Waals surface area contributed by atoms with E-state index in [1.807, 2.05) is 24.3 Å². The van der Waals surface area contributed by atoms with Gasteiger partial charge in [-0.2, -0.15) is 0 Å². The quantitative estimate of drug-likeness (QED) is 0.778.